The number of nitrogens with one attached hydrogen (secondary N) is 1. The fraction of sp³-hybridized carbons (Fsp3) is 0.0714. The second-order valence-electron chi connectivity index (χ2n) is 4.07. The number of nitro groups is 1. The van der Waals surface area contributed by atoms with E-state index in [-0.39, 0.29) is 17.6 Å². The lowest BCUT2D eigenvalue weighted by atomic mass is 10.2. The van der Waals surface area contributed by atoms with Gasteiger partial charge in [-0.15, -0.1) is 0 Å². The predicted octanol–water partition coefficient (Wildman–Crippen LogP) is 3.15. The summed E-state index contributed by atoms with van der Waals surface area (Å²) in [7, 11) is 0. The van der Waals surface area contributed by atoms with Gasteiger partial charge in [0.05, 0.1) is 6.07 Å². The van der Waals surface area contributed by atoms with Crippen LogP contribution in [0.15, 0.2) is 46.9 Å². The maximum Gasteiger partial charge on any atom is 0.433 e. The van der Waals surface area contributed by atoms with Crippen molar-refractivity contribution in [3.63, 3.8) is 0 Å². The monoisotopic (exact) mass is 272 g/mol. The number of nitrogens with zero attached hydrogens (tertiary/aromatic N) is 1. The van der Waals surface area contributed by atoms with Crippen LogP contribution in [0.3, 0.4) is 0 Å². The maximum absolute atomic E-state index is 11.7. The number of carbonyl (C=O) groups excluding carboxylic acids is 1. The third-order valence-electron chi connectivity index (χ3n) is 2.59. The molecule has 0 unspecified atom stereocenters. The van der Waals surface area contributed by atoms with Crippen LogP contribution in [0.25, 0.3) is 6.08 Å². The van der Waals surface area contributed by atoms with Crippen molar-refractivity contribution in [2.45, 2.75) is 6.92 Å². The Balaban J connectivity index is 2.02. The van der Waals surface area contributed by atoms with Crippen molar-refractivity contribution >= 4 is 23.6 Å². The zero-order valence-corrected chi connectivity index (χ0v) is 10.7. The van der Waals surface area contributed by atoms with Crippen LogP contribution in [-0.4, -0.2) is 10.8 Å². The van der Waals surface area contributed by atoms with Crippen molar-refractivity contribution in [3.8, 4) is 0 Å². The van der Waals surface area contributed by atoms with Gasteiger partial charge in [-0.25, -0.2) is 0 Å². The molecule has 6 nitrogen and oxygen atoms in total. The van der Waals surface area contributed by atoms with Crippen LogP contribution in [0, 0.1) is 17.0 Å². The Morgan fingerprint density at radius 3 is 2.70 bits per heavy atom. The highest BCUT2D eigenvalue weighted by molar-refractivity contribution is 6.02. The SMILES string of the molecule is Cc1ccccc1NC(=O)C=Cc1ccc([N+](=O)[O-])o1. The molecule has 20 heavy (non-hydrogen) atoms. The molecule has 0 atom stereocenters. The molecular formula is C14H12N2O4. The van der Waals surface area contributed by atoms with Gasteiger partial charge in [0.25, 0.3) is 0 Å². The van der Waals surface area contributed by atoms with Crippen molar-refractivity contribution in [3.05, 3.63) is 63.9 Å². The van der Waals surface area contributed by atoms with E-state index >= 15 is 0 Å². The van der Waals surface area contributed by atoms with Crippen LogP contribution < -0.4 is 5.32 Å². The summed E-state index contributed by atoms with van der Waals surface area (Å²) in [5, 5.41) is 13.1. The molecule has 6 heteroatoms. The van der Waals surface area contributed by atoms with Crippen molar-refractivity contribution < 1.29 is 14.1 Å². The molecule has 0 saturated carbocycles. The number of anilines is 1. The number of benzene rings is 1. The Morgan fingerprint density at radius 1 is 1.30 bits per heavy atom. The van der Waals surface area contributed by atoms with Crippen molar-refractivity contribution in [1.82, 2.24) is 0 Å². The lowest BCUT2D eigenvalue weighted by molar-refractivity contribution is -0.402. The van der Waals surface area contributed by atoms with E-state index in [1.807, 2.05) is 25.1 Å². The lowest BCUT2D eigenvalue weighted by Crippen LogP contribution is -2.08. The zero-order valence-electron chi connectivity index (χ0n) is 10.7. The summed E-state index contributed by atoms with van der Waals surface area (Å²) in [6.45, 7) is 1.88. The van der Waals surface area contributed by atoms with Gasteiger partial charge in [-0.3, -0.25) is 14.9 Å². The van der Waals surface area contributed by atoms with Gasteiger partial charge in [0.1, 0.15) is 10.7 Å². The summed E-state index contributed by atoms with van der Waals surface area (Å²) < 4.78 is 4.90. The lowest BCUT2D eigenvalue weighted by Gasteiger charge is -2.04. The van der Waals surface area contributed by atoms with Gasteiger partial charge >= 0.3 is 5.88 Å². The summed E-state index contributed by atoms with van der Waals surface area (Å²) in [5.74, 6) is -0.445. The van der Waals surface area contributed by atoms with Crippen molar-refractivity contribution in [1.29, 1.82) is 0 Å². The van der Waals surface area contributed by atoms with E-state index in [0.29, 0.717) is 5.69 Å². The molecule has 0 spiro atoms. The minimum atomic E-state index is -0.634. The molecule has 0 radical (unpaired) electrons. The number of para-hydroxylation sites is 1. The Kier molecular flexibility index (Phi) is 3.95. The molecule has 0 aliphatic carbocycles. The van der Waals surface area contributed by atoms with Gasteiger partial charge in [-0.1, -0.05) is 18.2 Å². The Labute approximate surface area is 114 Å². The van der Waals surface area contributed by atoms with Gasteiger partial charge in [0.15, 0.2) is 0 Å². The molecule has 0 bridgehead atoms. The van der Waals surface area contributed by atoms with Gasteiger partial charge in [0.2, 0.25) is 5.91 Å². The number of amides is 1. The van der Waals surface area contributed by atoms with Gasteiger partial charge in [0, 0.05) is 11.8 Å². The second-order valence-corrected chi connectivity index (χ2v) is 4.07. The maximum atomic E-state index is 11.7. The highest BCUT2D eigenvalue weighted by atomic mass is 16.6. The first-order valence-corrected chi connectivity index (χ1v) is 5.85. The number of aryl methyl sites for hydroxylation is 1. The first kappa shape index (κ1) is 13.5. The quantitative estimate of drug-likeness (QED) is 0.526. The first-order valence-electron chi connectivity index (χ1n) is 5.85. The molecule has 2 rings (SSSR count). The number of hydrogen-bond acceptors (Lipinski definition) is 4. The third-order valence-corrected chi connectivity index (χ3v) is 2.59. The molecule has 0 aliphatic heterocycles. The van der Waals surface area contributed by atoms with Crippen LogP contribution in [-0.2, 0) is 4.79 Å². The molecule has 1 N–H and O–H groups in total. The van der Waals surface area contributed by atoms with E-state index in [0.717, 1.165) is 5.56 Å². The van der Waals surface area contributed by atoms with E-state index in [1.54, 1.807) is 6.07 Å². The summed E-state index contributed by atoms with van der Waals surface area (Å²) >= 11 is 0. The fourth-order valence-electron chi connectivity index (χ4n) is 1.58. The molecular weight excluding hydrogens is 260 g/mol. The Hall–Kier alpha value is -2.89. The molecule has 0 fully saturated rings. The smallest absolute Gasteiger partial charge is 0.401 e. The first-order chi connectivity index (χ1) is 9.56. The Bertz CT molecular complexity index is 673. The standard InChI is InChI=1S/C14H12N2O4/c1-10-4-2-3-5-12(10)15-13(17)8-6-11-7-9-14(20-11)16(18)19/h2-9H,1H3,(H,15,17). The minimum Gasteiger partial charge on any atom is -0.401 e. The van der Waals surface area contributed by atoms with E-state index in [4.69, 9.17) is 4.42 Å². The second kappa shape index (κ2) is 5.83. The van der Waals surface area contributed by atoms with E-state index in [9.17, 15) is 14.9 Å². The molecule has 0 aliphatic rings. The van der Waals surface area contributed by atoms with E-state index < -0.39 is 4.92 Å². The molecule has 1 heterocycles. The number of furan rings is 1. The highest BCUT2D eigenvalue weighted by Gasteiger charge is 2.10. The molecule has 1 aromatic carbocycles. The predicted molar refractivity (Wildman–Crippen MR) is 74.2 cm³/mol. The number of hydrogen-bond donors (Lipinski definition) is 1. The summed E-state index contributed by atoms with van der Waals surface area (Å²) in [6, 6.07) is 10.0. The number of carbonyl (C=O) groups is 1. The average Bonchev–Trinajstić information content (AvgIpc) is 2.88. The Morgan fingerprint density at radius 2 is 2.05 bits per heavy atom. The van der Waals surface area contributed by atoms with Gasteiger partial charge in [-0.05, 0) is 30.7 Å². The summed E-state index contributed by atoms with van der Waals surface area (Å²) in [6.07, 6.45) is 2.63. The largest absolute Gasteiger partial charge is 0.433 e. The van der Waals surface area contributed by atoms with Crippen molar-refractivity contribution in [2.75, 3.05) is 5.32 Å². The minimum absolute atomic E-state index is 0.247. The number of rotatable bonds is 4. The van der Waals surface area contributed by atoms with Crippen LogP contribution in [0.4, 0.5) is 11.6 Å². The summed E-state index contributed by atoms with van der Waals surface area (Å²) in [5.41, 5.74) is 1.66. The summed E-state index contributed by atoms with van der Waals surface area (Å²) in [4.78, 5) is 21.5. The van der Waals surface area contributed by atoms with Crippen LogP contribution >= 0.6 is 0 Å². The third kappa shape index (κ3) is 3.32. The average molecular weight is 272 g/mol. The molecule has 2 aromatic rings. The van der Waals surface area contributed by atoms with Gasteiger partial charge in [-0.2, -0.15) is 0 Å². The molecule has 1 amide bonds. The molecule has 0 saturated heterocycles. The topological polar surface area (TPSA) is 85.4 Å². The van der Waals surface area contributed by atoms with Crippen molar-refractivity contribution in [2.24, 2.45) is 0 Å². The van der Waals surface area contributed by atoms with Crippen LogP contribution in [0.2, 0.25) is 0 Å². The highest BCUT2D eigenvalue weighted by Crippen LogP contribution is 2.17. The van der Waals surface area contributed by atoms with Crippen LogP contribution in [0.1, 0.15) is 11.3 Å². The molecule has 102 valence electrons. The zero-order chi connectivity index (χ0) is 14.5. The van der Waals surface area contributed by atoms with Crippen LogP contribution in [0.5, 0.6) is 0 Å². The van der Waals surface area contributed by atoms with E-state index in [2.05, 4.69) is 5.32 Å². The van der Waals surface area contributed by atoms with Gasteiger partial charge < -0.3 is 9.73 Å². The molecule has 1 aromatic heterocycles. The van der Waals surface area contributed by atoms with E-state index in [1.165, 1.54) is 24.3 Å². The normalized spacial score (nSPS) is 10.7. The fourth-order valence-corrected chi connectivity index (χ4v) is 1.58.